The highest BCUT2D eigenvalue weighted by atomic mass is 19.4. The Bertz CT molecular complexity index is 447. The first kappa shape index (κ1) is 14.3. The van der Waals surface area contributed by atoms with E-state index in [0.717, 1.165) is 44.4 Å². The van der Waals surface area contributed by atoms with E-state index < -0.39 is 23.1 Å². The summed E-state index contributed by atoms with van der Waals surface area (Å²) < 4.78 is 51.6. The molecule has 1 aliphatic heterocycles. The Balaban J connectivity index is 2.44. The molecule has 0 radical (unpaired) electrons. The summed E-state index contributed by atoms with van der Waals surface area (Å²) in [6, 6.07) is 3.36. The molecule has 1 nitrogen and oxygen atoms in total. The Hall–Kier alpha value is -1.10. The summed E-state index contributed by atoms with van der Waals surface area (Å²) in [7, 11) is 0. The van der Waals surface area contributed by atoms with Crippen molar-refractivity contribution in [1.82, 2.24) is 5.32 Å². The van der Waals surface area contributed by atoms with Gasteiger partial charge in [-0.15, -0.1) is 0 Å². The second-order valence-electron chi connectivity index (χ2n) is 5.05. The van der Waals surface area contributed by atoms with Gasteiger partial charge < -0.3 is 5.32 Å². The van der Waals surface area contributed by atoms with Gasteiger partial charge in [-0.25, -0.2) is 4.39 Å². The van der Waals surface area contributed by atoms with Crippen LogP contribution in [0.4, 0.5) is 17.6 Å². The molecule has 1 heterocycles. The minimum Gasteiger partial charge on any atom is -0.307 e. The van der Waals surface area contributed by atoms with Crippen molar-refractivity contribution in [2.45, 2.75) is 44.3 Å². The van der Waals surface area contributed by atoms with Crippen molar-refractivity contribution in [3.63, 3.8) is 0 Å². The van der Waals surface area contributed by atoms with Crippen LogP contribution < -0.4 is 5.32 Å². The van der Waals surface area contributed by atoms with Gasteiger partial charge in [-0.1, -0.05) is 19.4 Å². The van der Waals surface area contributed by atoms with Crippen molar-refractivity contribution in [3.8, 4) is 0 Å². The smallest absolute Gasteiger partial charge is 0.307 e. The van der Waals surface area contributed by atoms with Crippen molar-refractivity contribution in [2.75, 3.05) is 6.54 Å². The van der Waals surface area contributed by atoms with E-state index in [9.17, 15) is 17.6 Å². The van der Waals surface area contributed by atoms with Gasteiger partial charge in [0.2, 0.25) is 0 Å². The van der Waals surface area contributed by atoms with Crippen molar-refractivity contribution < 1.29 is 17.6 Å². The molecule has 0 aromatic heterocycles. The number of hydrogen-bond donors (Lipinski definition) is 1. The summed E-state index contributed by atoms with van der Waals surface area (Å²) in [5.41, 5.74) is -1.06. The number of nitrogens with one attached hydrogen (secondary N) is 1. The molecule has 0 bridgehead atoms. The summed E-state index contributed by atoms with van der Waals surface area (Å²) >= 11 is 0. The van der Waals surface area contributed by atoms with E-state index in [1.807, 2.05) is 6.92 Å². The maximum absolute atomic E-state index is 13.3. The molecule has 19 heavy (non-hydrogen) atoms. The van der Waals surface area contributed by atoms with Crippen molar-refractivity contribution >= 4 is 0 Å². The van der Waals surface area contributed by atoms with Gasteiger partial charge in [0, 0.05) is 5.54 Å². The van der Waals surface area contributed by atoms with Crippen LogP contribution in [-0.2, 0) is 11.7 Å². The Labute approximate surface area is 110 Å². The van der Waals surface area contributed by atoms with E-state index in [4.69, 9.17) is 0 Å². The molecule has 1 fully saturated rings. The van der Waals surface area contributed by atoms with Gasteiger partial charge >= 0.3 is 6.18 Å². The quantitative estimate of drug-likeness (QED) is 0.814. The van der Waals surface area contributed by atoms with Gasteiger partial charge in [0.15, 0.2) is 0 Å². The van der Waals surface area contributed by atoms with Gasteiger partial charge in [0.25, 0.3) is 0 Å². The highest BCUT2D eigenvalue weighted by Gasteiger charge is 2.39. The minimum atomic E-state index is -4.65. The van der Waals surface area contributed by atoms with E-state index in [1.165, 1.54) is 6.07 Å². The van der Waals surface area contributed by atoms with Crippen LogP contribution in [0, 0.1) is 5.82 Å². The van der Waals surface area contributed by atoms with Crippen LogP contribution in [0.5, 0.6) is 0 Å². The van der Waals surface area contributed by atoms with Crippen LogP contribution in [0.1, 0.15) is 43.7 Å². The zero-order valence-electron chi connectivity index (χ0n) is 10.8. The Morgan fingerprint density at radius 3 is 2.58 bits per heavy atom. The molecule has 1 unspecified atom stereocenters. The minimum absolute atomic E-state index is 0.428. The van der Waals surface area contributed by atoms with Crippen LogP contribution in [0.2, 0.25) is 0 Å². The third kappa shape index (κ3) is 2.76. The first-order chi connectivity index (χ1) is 8.89. The van der Waals surface area contributed by atoms with Crippen molar-refractivity contribution in [2.24, 2.45) is 0 Å². The molecule has 1 aliphatic rings. The fourth-order valence-electron chi connectivity index (χ4n) is 2.88. The van der Waals surface area contributed by atoms with Crippen LogP contribution in [0.3, 0.4) is 0 Å². The van der Waals surface area contributed by atoms with Gasteiger partial charge in [-0.05, 0) is 43.5 Å². The number of rotatable bonds is 3. The lowest BCUT2D eigenvalue weighted by Crippen LogP contribution is -2.36. The fourth-order valence-corrected chi connectivity index (χ4v) is 2.88. The van der Waals surface area contributed by atoms with E-state index in [-0.39, 0.29) is 0 Å². The Kier molecular flexibility index (Phi) is 3.85. The number of alkyl halides is 3. The third-order valence-corrected chi connectivity index (χ3v) is 3.74. The summed E-state index contributed by atoms with van der Waals surface area (Å²) in [6.07, 6.45) is -1.30. The van der Waals surface area contributed by atoms with E-state index in [2.05, 4.69) is 5.32 Å². The van der Waals surface area contributed by atoms with E-state index in [1.54, 1.807) is 0 Å². The zero-order valence-corrected chi connectivity index (χ0v) is 10.8. The van der Waals surface area contributed by atoms with Crippen molar-refractivity contribution in [3.05, 3.63) is 35.1 Å². The van der Waals surface area contributed by atoms with Gasteiger partial charge in [-0.2, -0.15) is 13.2 Å². The summed E-state index contributed by atoms with van der Waals surface area (Å²) in [5, 5.41) is 3.30. The molecule has 1 aromatic carbocycles. The molecule has 2 rings (SSSR count). The Morgan fingerprint density at radius 1 is 1.32 bits per heavy atom. The highest BCUT2D eigenvalue weighted by molar-refractivity contribution is 5.33. The first-order valence-corrected chi connectivity index (χ1v) is 6.51. The largest absolute Gasteiger partial charge is 0.419 e. The lowest BCUT2D eigenvalue weighted by atomic mass is 9.83. The molecule has 1 saturated heterocycles. The van der Waals surface area contributed by atoms with Crippen LogP contribution in [0.25, 0.3) is 0 Å². The van der Waals surface area contributed by atoms with E-state index in [0.29, 0.717) is 5.56 Å². The number of benzene rings is 1. The third-order valence-electron chi connectivity index (χ3n) is 3.74. The van der Waals surface area contributed by atoms with Crippen LogP contribution >= 0.6 is 0 Å². The lowest BCUT2D eigenvalue weighted by molar-refractivity contribution is -0.140. The molecular formula is C14H17F4N. The summed E-state index contributed by atoms with van der Waals surface area (Å²) in [5.74, 6) is -1.21. The second kappa shape index (κ2) is 5.12. The standard InChI is InChI=1S/C14H17F4N/c1-2-6-13(7-3-8-19-13)10-4-5-12(15)11(9-10)14(16,17)18/h4-5,9,19H,2-3,6-8H2,1H3. The van der Waals surface area contributed by atoms with Gasteiger partial charge in [0.1, 0.15) is 5.82 Å². The van der Waals surface area contributed by atoms with Gasteiger partial charge in [-0.3, -0.25) is 0 Å². The number of halogens is 4. The Morgan fingerprint density at radius 2 is 2.05 bits per heavy atom. The maximum Gasteiger partial charge on any atom is 0.419 e. The molecule has 0 saturated carbocycles. The van der Waals surface area contributed by atoms with Crippen LogP contribution in [-0.4, -0.2) is 6.54 Å². The van der Waals surface area contributed by atoms with Crippen molar-refractivity contribution in [1.29, 1.82) is 0 Å². The topological polar surface area (TPSA) is 12.0 Å². The predicted molar refractivity (Wildman–Crippen MR) is 65.2 cm³/mol. The molecule has 106 valence electrons. The molecule has 1 aromatic rings. The predicted octanol–water partition coefficient (Wildman–Crippen LogP) is 4.22. The normalized spacial score (nSPS) is 23.8. The summed E-state index contributed by atoms with van der Waals surface area (Å²) in [4.78, 5) is 0. The first-order valence-electron chi connectivity index (χ1n) is 6.51. The molecule has 1 atom stereocenters. The highest BCUT2D eigenvalue weighted by Crippen LogP contribution is 2.39. The molecule has 0 spiro atoms. The average molecular weight is 275 g/mol. The van der Waals surface area contributed by atoms with Crippen LogP contribution in [0.15, 0.2) is 18.2 Å². The summed E-state index contributed by atoms with van der Waals surface area (Å²) in [6.45, 7) is 2.79. The molecule has 0 amide bonds. The second-order valence-corrected chi connectivity index (χ2v) is 5.05. The molecule has 5 heteroatoms. The average Bonchev–Trinajstić information content (AvgIpc) is 2.78. The molecule has 1 N–H and O–H groups in total. The number of hydrogen-bond acceptors (Lipinski definition) is 1. The monoisotopic (exact) mass is 275 g/mol. The molecular weight excluding hydrogens is 258 g/mol. The fraction of sp³-hybridized carbons (Fsp3) is 0.571. The maximum atomic E-state index is 13.3. The van der Waals surface area contributed by atoms with E-state index >= 15 is 0 Å². The SMILES string of the molecule is CCCC1(c2ccc(F)c(C(F)(F)F)c2)CCCN1. The van der Waals surface area contributed by atoms with Gasteiger partial charge in [0.05, 0.1) is 5.56 Å². The zero-order chi connectivity index (χ0) is 14.1. The lowest BCUT2D eigenvalue weighted by Gasteiger charge is -2.30. The molecule has 0 aliphatic carbocycles.